The number of hydrogen-bond donors (Lipinski definition) is 1. The average Bonchev–Trinajstić information content (AvgIpc) is 2.11. The number of hydrogen-bond acceptors (Lipinski definition) is 2. The monoisotopic (exact) mass is 226 g/mol. The van der Waals surface area contributed by atoms with Crippen LogP contribution in [0.2, 0.25) is 0 Å². The SMILES string of the molecule is CCC1(N)CN(C(=O)CC(C)C(C)(C)C)C1. The minimum absolute atomic E-state index is 0.110. The van der Waals surface area contributed by atoms with Gasteiger partial charge in [0.1, 0.15) is 0 Å². The summed E-state index contributed by atoms with van der Waals surface area (Å²) in [5.41, 5.74) is 6.14. The zero-order valence-electron chi connectivity index (χ0n) is 11.3. The van der Waals surface area contributed by atoms with Crippen LogP contribution in [0.25, 0.3) is 0 Å². The van der Waals surface area contributed by atoms with Crippen LogP contribution in [0.1, 0.15) is 47.5 Å². The molecule has 1 amide bonds. The molecular weight excluding hydrogens is 200 g/mol. The molecule has 94 valence electrons. The van der Waals surface area contributed by atoms with E-state index in [-0.39, 0.29) is 16.9 Å². The third-order valence-electron chi connectivity index (χ3n) is 4.03. The molecule has 1 fully saturated rings. The van der Waals surface area contributed by atoms with E-state index in [1.165, 1.54) is 0 Å². The van der Waals surface area contributed by atoms with Gasteiger partial charge in [0.15, 0.2) is 0 Å². The molecule has 3 heteroatoms. The van der Waals surface area contributed by atoms with E-state index in [0.29, 0.717) is 12.3 Å². The standard InChI is InChI=1S/C13H26N2O/c1-6-13(14)8-15(9-13)11(16)7-10(2)12(3,4)5/h10H,6-9,14H2,1-5H3. The van der Waals surface area contributed by atoms with Crippen LogP contribution in [-0.4, -0.2) is 29.4 Å². The maximum atomic E-state index is 12.0. The number of amides is 1. The number of rotatable bonds is 3. The Morgan fingerprint density at radius 1 is 1.44 bits per heavy atom. The van der Waals surface area contributed by atoms with Crippen molar-refractivity contribution in [3.8, 4) is 0 Å². The van der Waals surface area contributed by atoms with Gasteiger partial charge in [-0.25, -0.2) is 0 Å². The quantitative estimate of drug-likeness (QED) is 0.800. The van der Waals surface area contributed by atoms with Gasteiger partial charge in [-0.2, -0.15) is 0 Å². The van der Waals surface area contributed by atoms with Crippen LogP contribution >= 0.6 is 0 Å². The van der Waals surface area contributed by atoms with Crippen LogP contribution in [0, 0.1) is 11.3 Å². The summed E-state index contributed by atoms with van der Waals surface area (Å²) in [6.45, 7) is 12.2. The first kappa shape index (κ1) is 13.5. The minimum Gasteiger partial charge on any atom is -0.339 e. The van der Waals surface area contributed by atoms with Crippen LogP contribution in [0.5, 0.6) is 0 Å². The summed E-state index contributed by atoms with van der Waals surface area (Å²) in [4.78, 5) is 13.9. The predicted molar refractivity (Wildman–Crippen MR) is 67.0 cm³/mol. The molecule has 1 aliphatic rings. The summed E-state index contributed by atoms with van der Waals surface area (Å²) in [6, 6.07) is 0. The summed E-state index contributed by atoms with van der Waals surface area (Å²) in [6.07, 6.45) is 1.59. The second-order valence-electron chi connectivity index (χ2n) is 6.44. The Morgan fingerprint density at radius 3 is 2.31 bits per heavy atom. The van der Waals surface area contributed by atoms with Gasteiger partial charge in [-0.3, -0.25) is 4.79 Å². The molecular formula is C13H26N2O. The van der Waals surface area contributed by atoms with Crippen molar-refractivity contribution >= 4 is 5.91 Å². The lowest BCUT2D eigenvalue weighted by Crippen LogP contribution is -2.68. The lowest BCUT2D eigenvalue weighted by atomic mass is 9.79. The van der Waals surface area contributed by atoms with Gasteiger partial charge < -0.3 is 10.6 Å². The molecule has 0 aliphatic carbocycles. The Labute approximate surface area is 99.4 Å². The molecule has 0 bridgehead atoms. The van der Waals surface area contributed by atoms with Crippen molar-refractivity contribution in [3.05, 3.63) is 0 Å². The first-order chi connectivity index (χ1) is 7.18. The number of nitrogens with zero attached hydrogens (tertiary/aromatic N) is 1. The molecule has 0 spiro atoms. The van der Waals surface area contributed by atoms with Crippen LogP contribution in [0.4, 0.5) is 0 Å². The van der Waals surface area contributed by atoms with Gasteiger partial charge in [-0.15, -0.1) is 0 Å². The fraction of sp³-hybridized carbons (Fsp3) is 0.923. The first-order valence-corrected chi connectivity index (χ1v) is 6.24. The van der Waals surface area contributed by atoms with Crippen molar-refractivity contribution in [2.75, 3.05) is 13.1 Å². The molecule has 1 atom stereocenters. The number of carbonyl (C=O) groups excluding carboxylic acids is 1. The lowest BCUT2D eigenvalue weighted by Gasteiger charge is -2.48. The summed E-state index contributed by atoms with van der Waals surface area (Å²) >= 11 is 0. The highest BCUT2D eigenvalue weighted by molar-refractivity contribution is 5.77. The van der Waals surface area contributed by atoms with Crippen molar-refractivity contribution in [2.45, 2.75) is 53.0 Å². The third-order valence-corrected chi connectivity index (χ3v) is 4.03. The van der Waals surface area contributed by atoms with E-state index in [4.69, 9.17) is 5.73 Å². The molecule has 0 aromatic heterocycles. The van der Waals surface area contributed by atoms with Gasteiger partial charge in [0.25, 0.3) is 0 Å². The molecule has 2 N–H and O–H groups in total. The van der Waals surface area contributed by atoms with Gasteiger partial charge in [0.2, 0.25) is 5.91 Å². The summed E-state index contributed by atoms with van der Waals surface area (Å²) in [5.74, 6) is 0.673. The second-order valence-corrected chi connectivity index (χ2v) is 6.44. The first-order valence-electron chi connectivity index (χ1n) is 6.24. The maximum absolute atomic E-state index is 12.0. The topological polar surface area (TPSA) is 46.3 Å². The summed E-state index contributed by atoms with van der Waals surface area (Å²) in [7, 11) is 0. The largest absolute Gasteiger partial charge is 0.339 e. The molecule has 0 aromatic rings. The van der Waals surface area contributed by atoms with Gasteiger partial charge >= 0.3 is 0 Å². The van der Waals surface area contributed by atoms with Crippen LogP contribution < -0.4 is 5.73 Å². The second kappa shape index (κ2) is 4.36. The van der Waals surface area contributed by atoms with Crippen molar-refractivity contribution < 1.29 is 4.79 Å². The molecule has 1 heterocycles. The van der Waals surface area contributed by atoms with E-state index in [2.05, 4.69) is 34.6 Å². The van der Waals surface area contributed by atoms with Gasteiger partial charge in [-0.1, -0.05) is 34.6 Å². The molecule has 3 nitrogen and oxygen atoms in total. The summed E-state index contributed by atoms with van der Waals surface area (Å²) < 4.78 is 0. The van der Waals surface area contributed by atoms with Crippen LogP contribution in [0.15, 0.2) is 0 Å². The lowest BCUT2D eigenvalue weighted by molar-refractivity contribution is -0.140. The van der Waals surface area contributed by atoms with Crippen LogP contribution in [0.3, 0.4) is 0 Å². The fourth-order valence-electron chi connectivity index (χ4n) is 1.81. The molecule has 0 radical (unpaired) electrons. The Bertz CT molecular complexity index is 262. The van der Waals surface area contributed by atoms with Crippen molar-refractivity contribution in [3.63, 3.8) is 0 Å². The van der Waals surface area contributed by atoms with E-state index in [9.17, 15) is 4.79 Å². The van der Waals surface area contributed by atoms with Gasteiger partial charge in [-0.05, 0) is 17.8 Å². The molecule has 1 saturated heterocycles. The summed E-state index contributed by atoms with van der Waals surface area (Å²) in [5, 5.41) is 0. The highest BCUT2D eigenvalue weighted by Gasteiger charge is 2.40. The molecule has 0 aromatic carbocycles. The molecule has 1 aliphatic heterocycles. The van der Waals surface area contributed by atoms with E-state index in [1.54, 1.807) is 0 Å². The zero-order valence-corrected chi connectivity index (χ0v) is 11.3. The zero-order chi connectivity index (χ0) is 12.6. The Morgan fingerprint density at radius 2 is 1.94 bits per heavy atom. The molecule has 16 heavy (non-hydrogen) atoms. The van der Waals surface area contributed by atoms with Crippen LogP contribution in [-0.2, 0) is 4.79 Å². The Balaban J connectivity index is 2.39. The highest BCUT2D eigenvalue weighted by atomic mass is 16.2. The van der Waals surface area contributed by atoms with E-state index in [1.807, 2.05) is 4.90 Å². The van der Waals surface area contributed by atoms with E-state index >= 15 is 0 Å². The fourth-order valence-corrected chi connectivity index (χ4v) is 1.81. The predicted octanol–water partition coefficient (Wildman–Crippen LogP) is 2.01. The van der Waals surface area contributed by atoms with E-state index < -0.39 is 0 Å². The molecule has 0 saturated carbocycles. The number of nitrogens with two attached hydrogens (primary N) is 1. The van der Waals surface area contributed by atoms with Crippen molar-refractivity contribution in [2.24, 2.45) is 17.1 Å². The highest BCUT2D eigenvalue weighted by Crippen LogP contribution is 2.30. The van der Waals surface area contributed by atoms with E-state index in [0.717, 1.165) is 19.5 Å². The molecule has 1 rings (SSSR count). The van der Waals surface area contributed by atoms with Crippen molar-refractivity contribution in [1.29, 1.82) is 0 Å². The number of likely N-dealkylation sites (tertiary alicyclic amines) is 1. The number of carbonyl (C=O) groups is 1. The Hall–Kier alpha value is -0.570. The minimum atomic E-state index is -0.110. The molecule has 1 unspecified atom stereocenters. The smallest absolute Gasteiger partial charge is 0.222 e. The Kier molecular flexibility index (Phi) is 3.68. The van der Waals surface area contributed by atoms with Crippen molar-refractivity contribution in [1.82, 2.24) is 4.90 Å². The van der Waals surface area contributed by atoms with Gasteiger partial charge in [0, 0.05) is 19.5 Å². The maximum Gasteiger partial charge on any atom is 0.222 e. The third kappa shape index (κ3) is 2.97. The van der Waals surface area contributed by atoms with Gasteiger partial charge in [0.05, 0.1) is 5.54 Å². The normalized spacial score (nSPS) is 21.5. The average molecular weight is 226 g/mol.